The fraction of sp³-hybridized carbons (Fsp3) is 0.429. The summed E-state index contributed by atoms with van der Waals surface area (Å²) in [5.41, 5.74) is 3.49. The molecule has 0 saturated carbocycles. The molecule has 0 aliphatic rings. The third-order valence-electron chi connectivity index (χ3n) is 3.29. The van der Waals surface area contributed by atoms with Gasteiger partial charge in [0.05, 0.1) is 11.9 Å². The molecule has 2 aromatic rings. The van der Waals surface area contributed by atoms with Gasteiger partial charge in [-0.25, -0.2) is 9.37 Å². The smallest absolute Gasteiger partial charge is 0.141 e. The Bertz CT molecular complexity index is 560. The van der Waals surface area contributed by atoms with E-state index in [0.29, 0.717) is 5.82 Å². The molecule has 19 heavy (non-hydrogen) atoms. The minimum Gasteiger partial charge on any atom is -0.367 e. The van der Waals surface area contributed by atoms with Crippen LogP contribution in [-0.2, 0) is 13.5 Å². The van der Waals surface area contributed by atoms with Crippen molar-refractivity contribution in [2.24, 2.45) is 7.05 Å². The number of halogens is 1. The Morgan fingerprint density at radius 2 is 2.11 bits per heavy atom. The maximum absolute atomic E-state index is 12.8. The van der Waals surface area contributed by atoms with Gasteiger partial charge in [-0.15, -0.1) is 0 Å². The number of aryl methyl sites for hydroxylation is 2. The largest absolute Gasteiger partial charge is 0.367 e. The number of nitrogens with one attached hydrogen (secondary N) is 1. The molecular weight excluding hydrogens is 243 g/mol. The Balaban J connectivity index is 2.05. The first-order chi connectivity index (χ1) is 8.97. The van der Waals surface area contributed by atoms with Gasteiger partial charge >= 0.3 is 0 Å². The van der Waals surface area contributed by atoms with Crippen LogP contribution in [0.4, 0.5) is 10.2 Å². The molecule has 0 amide bonds. The van der Waals surface area contributed by atoms with Gasteiger partial charge in [-0.2, -0.15) is 5.10 Å². The van der Waals surface area contributed by atoms with Crippen molar-refractivity contribution in [3.8, 4) is 0 Å². The minimum atomic E-state index is -0.322. The summed E-state index contributed by atoms with van der Waals surface area (Å²) in [6, 6.07) is 3.26. The van der Waals surface area contributed by atoms with Crippen molar-refractivity contribution >= 4 is 5.82 Å². The summed E-state index contributed by atoms with van der Waals surface area (Å²) in [6.45, 7) is 6.17. The first kappa shape index (κ1) is 13.5. The molecule has 5 heteroatoms. The van der Waals surface area contributed by atoms with E-state index in [4.69, 9.17) is 0 Å². The van der Waals surface area contributed by atoms with Crippen LogP contribution in [0.5, 0.6) is 0 Å². The van der Waals surface area contributed by atoms with Crippen LogP contribution in [0.25, 0.3) is 0 Å². The average Bonchev–Trinajstić information content (AvgIpc) is 2.59. The van der Waals surface area contributed by atoms with Crippen molar-refractivity contribution in [3.05, 3.63) is 41.1 Å². The van der Waals surface area contributed by atoms with E-state index >= 15 is 0 Å². The Hall–Kier alpha value is -1.91. The summed E-state index contributed by atoms with van der Waals surface area (Å²) in [6.07, 6.45) is 2.08. The predicted octanol–water partition coefficient (Wildman–Crippen LogP) is 2.61. The van der Waals surface area contributed by atoms with Crippen molar-refractivity contribution in [2.75, 3.05) is 5.32 Å². The molecule has 0 unspecified atom stereocenters. The summed E-state index contributed by atoms with van der Waals surface area (Å²) in [7, 11) is 1.95. The zero-order valence-corrected chi connectivity index (χ0v) is 11.7. The molecule has 2 aromatic heterocycles. The fourth-order valence-corrected chi connectivity index (χ4v) is 2.18. The molecular formula is C14H19FN4. The lowest BCUT2D eigenvalue weighted by molar-refractivity contribution is 0.621. The van der Waals surface area contributed by atoms with Crippen LogP contribution < -0.4 is 5.32 Å². The van der Waals surface area contributed by atoms with Crippen molar-refractivity contribution in [3.63, 3.8) is 0 Å². The van der Waals surface area contributed by atoms with Crippen molar-refractivity contribution in [1.82, 2.24) is 14.8 Å². The van der Waals surface area contributed by atoms with Crippen LogP contribution in [0.1, 0.15) is 23.9 Å². The maximum atomic E-state index is 12.8. The number of nitrogens with zero attached hydrogens (tertiary/aromatic N) is 3. The number of pyridine rings is 1. The monoisotopic (exact) mass is 262 g/mol. The Morgan fingerprint density at radius 3 is 2.63 bits per heavy atom. The van der Waals surface area contributed by atoms with Gasteiger partial charge in [-0.05, 0) is 44.9 Å². The van der Waals surface area contributed by atoms with Gasteiger partial charge in [0.15, 0.2) is 0 Å². The number of aromatic nitrogens is 3. The highest BCUT2D eigenvalue weighted by molar-refractivity contribution is 5.36. The van der Waals surface area contributed by atoms with Gasteiger partial charge in [-0.3, -0.25) is 4.68 Å². The molecule has 1 N–H and O–H groups in total. The van der Waals surface area contributed by atoms with Crippen LogP contribution in [0.2, 0.25) is 0 Å². The Labute approximate surface area is 112 Å². The topological polar surface area (TPSA) is 42.7 Å². The van der Waals surface area contributed by atoms with E-state index in [1.165, 1.54) is 23.5 Å². The van der Waals surface area contributed by atoms with E-state index in [0.717, 1.165) is 12.1 Å². The highest BCUT2D eigenvalue weighted by atomic mass is 19.1. The maximum Gasteiger partial charge on any atom is 0.141 e. The number of rotatable bonds is 4. The molecule has 0 spiro atoms. The second-order valence-corrected chi connectivity index (χ2v) is 4.88. The summed E-state index contributed by atoms with van der Waals surface area (Å²) >= 11 is 0. The van der Waals surface area contributed by atoms with Crippen LogP contribution in [-0.4, -0.2) is 20.8 Å². The van der Waals surface area contributed by atoms with Gasteiger partial charge in [0.25, 0.3) is 0 Å². The van der Waals surface area contributed by atoms with E-state index < -0.39 is 0 Å². The zero-order chi connectivity index (χ0) is 14.0. The molecule has 0 saturated heterocycles. The average molecular weight is 262 g/mol. The van der Waals surface area contributed by atoms with Crippen molar-refractivity contribution in [2.45, 2.75) is 33.2 Å². The molecule has 2 rings (SSSR count). The van der Waals surface area contributed by atoms with Crippen LogP contribution in [0, 0.1) is 19.7 Å². The molecule has 0 radical (unpaired) electrons. The summed E-state index contributed by atoms with van der Waals surface area (Å²) in [4.78, 5) is 4.00. The number of hydrogen-bond donors (Lipinski definition) is 1. The quantitative estimate of drug-likeness (QED) is 0.921. The standard InChI is InChI=1S/C14H19FN4/c1-9(17-14-6-5-12(15)8-16-14)7-13-10(2)18-19(4)11(13)3/h5-6,8-9H,7H2,1-4H3,(H,16,17)/t9-/m1/s1. The lowest BCUT2D eigenvalue weighted by Gasteiger charge is -2.14. The molecule has 0 aliphatic heterocycles. The van der Waals surface area contributed by atoms with E-state index in [9.17, 15) is 4.39 Å². The van der Waals surface area contributed by atoms with Crippen LogP contribution >= 0.6 is 0 Å². The Morgan fingerprint density at radius 1 is 1.37 bits per heavy atom. The van der Waals surface area contributed by atoms with Gasteiger partial charge in [0.2, 0.25) is 0 Å². The normalized spacial score (nSPS) is 12.5. The summed E-state index contributed by atoms with van der Waals surface area (Å²) in [5, 5.41) is 7.67. The second kappa shape index (κ2) is 5.38. The third kappa shape index (κ3) is 3.10. The molecule has 0 aromatic carbocycles. The SMILES string of the molecule is Cc1nn(C)c(C)c1C[C@@H](C)Nc1ccc(F)cn1. The third-order valence-corrected chi connectivity index (χ3v) is 3.29. The van der Waals surface area contributed by atoms with Crippen molar-refractivity contribution in [1.29, 1.82) is 0 Å². The lowest BCUT2D eigenvalue weighted by Crippen LogP contribution is -2.19. The molecule has 0 aliphatic carbocycles. The molecule has 0 bridgehead atoms. The Kier molecular flexibility index (Phi) is 3.83. The van der Waals surface area contributed by atoms with Gasteiger partial charge < -0.3 is 5.32 Å². The first-order valence-electron chi connectivity index (χ1n) is 6.34. The summed E-state index contributed by atoms with van der Waals surface area (Å²) in [5.74, 6) is 0.366. The predicted molar refractivity (Wildman–Crippen MR) is 73.7 cm³/mol. The van der Waals surface area contributed by atoms with Crippen molar-refractivity contribution < 1.29 is 4.39 Å². The fourth-order valence-electron chi connectivity index (χ4n) is 2.18. The van der Waals surface area contributed by atoms with Crippen LogP contribution in [0.15, 0.2) is 18.3 Å². The zero-order valence-electron chi connectivity index (χ0n) is 11.7. The lowest BCUT2D eigenvalue weighted by atomic mass is 10.1. The van der Waals surface area contributed by atoms with E-state index in [-0.39, 0.29) is 11.9 Å². The number of anilines is 1. The van der Waals surface area contributed by atoms with Crippen LogP contribution in [0.3, 0.4) is 0 Å². The van der Waals surface area contributed by atoms with E-state index in [1.807, 2.05) is 18.7 Å². The summed E-state index contributed by atoms with van der Waals surface area (Å²) < 4.78 is 14.7. The van der Waals surface area contributed by atoms with E-state index in [2.05, 4.69) is 29.2 Å². The molecule has 2 heterocycles. The highest BCUT2D eigenvalue weighted by Crippen LogP contribution is 2.16. The molecule has 1 atom stereocenters. The first-order valence-corrected chi connectivity index (χ1v) is 6.34. The highest BCUT2D eigenvalue weighted by Gasteiger charge is 2.13. The number of hydrogen-bond acceptors (Lipinski definition) is 3. The minimum absolute atomic E-state index is 0.208. The molecule has 102 valence electrons. The van der Waals surface area contributed by atoms with Gasteiger partial charge in [-0.1, -0.05) is 0 Å². The van der Waals surface area contributed by atoms with E-state index in [1.54, 1.807) is 6.07 Å². The molecule has 4 nitrogen and oxygen atoms in total. The molecule has 0 fully saturated rings. The van der Waals surface area contributed by atoms with Gasteiger partial charge in [0.1, 0.15) is 11.6 Å². The van der Waals surface area contributed by atoms with Gasteiger partial charge in [0, 0.05) is 18.8 Å². The second-order valence-electron chi connectivity index (χ2n) is 4.88.